The molecule has 0 saturated heterocycles. The van der Waals surface area contributed by atoms with Crippen LogP contribution < -0.4 is 10.6 Å². The average molecular weight is 502 g/mol. The van der Waals surface area contributed by atoms with E-state index in [4.69, 9.17) is 0 Å². The lowest BCUT2D eigenvalue weighted by atomic mass is 9.89. The molecule has 2 rings (SSSR count). The molecule has 4 atom stereocenters. The summed E-state index contributed by atoms with van der Waals surface area (Å²) < 4.78 is 0. The fraction of sp³-hybridized carbons (Fsp3) is 0.690. The Hall–Kier alpha value is -2.41. The number of carbonyl (C=O) groups excluding carboxylic acids is 3. The minimum absolute atomic E-state index is 0.0626. The zero-order chi connectivity index (χ0) is 26.5. The van der Waals surface area contributed by atoms with Crippen LogP contribution in [0.5, 0.6) is 0 Å². The first-order chi connectivity index (χ1) is 17.3. The van der Waals surface area contributed by atoms with Crippen LogP contribution >= 0.6 is 0 Å². The molecule has 1 aliphatic heterocycles. The lowest BCUT2D eigenvalue weighted by molar-refractivity contribution is -0.125. The molecule has 7 nitrogen and oxygen atoms in total. The smallest absolute Gasteiger partial charge is 0.253 e. The largest absolute Gasteiger partial charge is 0.391 e. The quantitative estimate of drug-likeness (QED) is 0.456. The molecule has 0 radical (unpaired) electrons. The molecule has 2 bridgehead atoms. The molecule has 0 aromatic heterocycles. The van der Waals surface area contributed by atoms with E-state index in [0.29, 0.717) is 36.6 Å². The fourth-order valence-corrected chi connectivity index (χ4v) is 4.84. The Bertz CT molecular complexity index is 844. The monoisotopic (exact) mass is 501 g/mol. The van der Waals surface area contributed by atoms with Gasteiger partial charge in [-0.15, -0.1) is 0 Å². The van der Waals surface area contributed by atoms with E-state index in [0.717, 1.165) is 51.5 Å². The van der Waals surface area contributed by atoms with Crippen molar-refractivity contribution in [2.24, 2.45) is 11.8 Å². The first-order valence-corrected chi connectivity index (χ1v) is 13.9. The molecule has 1 aromatic carbocycles. The average Bonchev–Trinajstić information content (AvgIpc) is 2.87. The Kier molecular flexibility index (Phi) is 13.0. The number of aliphatic hydroxyl groups is 1. The molecule has 202 valence electrons. The van der Waals surface area contributed by atoms with Gasteiger partial charge in [-0.1, -0.05) is 58.9 Å². The van der Waals surface area contributed by atoms with Crippen molar-refractivity contribution in [1.29, 1.82) is 0 Å². The Morgan fingerprint density at radius 3 is 2.61 bits per heavy atom. The van der Waals surface area contributed by atoms with E-state index in [9.17, 15) is 19.5 Å². The molecule has 1 aliphatic rings. The van der Waals surface area contributed by atoms with Crippen molar-refractivity contribution in [3.05, 3.63) is 35.4 Å². The second kappa shape index (κ2) is 15.6. The summed E-state index contributed by atoms with van der Waals surface area (Å²) in [6, 6.07) is 6.34. The molecule has 36 heavy (non-hydrogen) atoms. The van der Waals surface area contributed by atoms with Gasteiger partial charge < -0.3 is 20.6 Å². The van der Waals surface area contributed by atoms with Crippen LogP contribution in [0.3, 0.4) is 0 Å². The number of unbranched alkanes of at least 4 members (excludes halogenated alkanes) is 1. The van der Waals surface area contributed by atoms with E-state index in [2.05, 4.69) is 24.5 Å². The summed E-state index contributed by atoms with van der Waals surface area (Å²) in [7, 11) is 0. The Morgan fingerprint density at radius 1 is 1.17 bits per heavy atom. The van der Waals surface area contributed by atoms with Crippen LogP contribution in [0, 0.1) is 11.8 Å². The Morgan fingerprint density at radius 2 is 1.89 bits per heavy atom. The van der Waals surface area contributed by atoms with Gasteiger partial charge in [0.15, 0.2) is 0 Å². The minimum Gasteiger partial charge on any atom is -0.391 e. The summed E-state index contributed by atoms with van der Waals surface area (Å²) in [5, 5.41) is 17.1. The van der Waals surface area contributed by atoms with Crippen molar-refractivity contribution in [2.45, 2.75) is 97.6 Å². The highest BCUT2D eigenvalue weighted by Crippen LogP contribution is 2.21. The third-order valence-corrected chi connectivity index (χ3v) is 7.23. The molecular formula is C29H47N3O4. The molecule has 7 heteroatoms. The maximum Gasteiger partial charge on any atom is 0.253 e. The summed E-state index contributed by atoms with van der Waals surface area (Å²) in [5.74, 6) is -0.470. The van der Waals surface area contributed by atoms with Crippen molar-refractivity contribution >= 4 is 17.7 Å². The molecule has 0 fully saturated rings. The molecule has 1 aromatic rings. The highest BCUT2D eigenvalue weighted by atomic mass is 16.3. The number of aliphatic hydroxyl groups excluding tert-OH is 1. The van der Waals surface area contributed by atoms with E-state index < -0.39 is 12.1 Å². The summed E-state index contributed by atoms with van der Waals surface area (Å²) in [4.78, 5) is 40.6. The number of amides is 3. The number of benzene rings is 1. The van der Waals surface area contributed by atoms with Crippen molar-refractivity contribution in [1.82, 2.24) is 15.5 Å². The van der Waals surface area contributed by atoms with Crippen LogP contribution in [-0.4, -0.2) is 59.5 Å². The topological polar surface area (TPSA) is 98.7 Å². The lowest BCUT2D eigenvalue weighted by Crippen LogP contribution is -2.46. The summed E-state index contributed by atoms with van der Waals surface area (Å²) in [6.07, 6.45) is 7.23. The van der Waals surface area contributed by atoms with Crippen molar-refractivity contribution in [3.63, 3.8) is 0 Å². The molecule has 1 heterocycles. The first kappa shape index (κ1) is 29.8. The molecule has 3 N–H and O–H groups in total. The minimum atomic E-state index is -0.845. The highest BCUT2D eigenvalue weighted by molar-refractivity contribution is 5.99. The molecule has 3 amide bonds. The molecular weight excluding hydrogens is 454 g/mol. The standard InChI is InChI=1S/C29H47N3O4/c1-5-7-16-30-27(34)22(4)19-26(33)25-18-21(3)13-10-8-9-11-17-32(6-2)29(36)24-15-12-14-23(20-24)28(35)31-25/h12,14-15,20-22,25-26,33H,5-11,13,16-19H2,1-4H3,(H,30,34)(H,31,35)/t21-,22-,25+,26+/m1/s1. The van der Waals surface area contributed by atoms with Crippen LogP contribution in [0.15, 0.2) is 24.3 Å². The van der Waals surface area contributed by atoms with Gasteiger partial charge in [0.25, 0.3) is 11.8 Å². The Balaban J connectivity index is 2.20. The van der Waals surface area contributed by atoms with E-state index in [1.807, 2.05) is 18.7 Å². The molecule has 0 aliphatic carbocycles. The summed E-state index contributed by atoms with van der Waals surface area (Å²) in [5.41, 5.74) is 0.902. The predicted octanol–water partition coefficient (Wildman–Crippen LogP) is 4.54. The zero-order valence-electron chi connectivity index (χ0n) is 22.7. The third-order valence-electron chi connectivity index (χ3n) is 7.23. The number of rotatable bonds is 8. The van der Waals surface area contributed by atoms with Gasteiger partial charge in [-0.2, -0.15) is 0 Å². The highest BCUT2D eigenvalue weighted by Gasteiger charge is 2.28. The number of hydrogen-bond acceptors (Lipinski definition) is 4. The van der Waals surface area contributed by atoms with Crippen LogP contribution in [0.4, 0.5) is 0 Å². The maximum atomic E-state index is 13.2. The number of nitrogens with one attached hydrogen (secondary N) is 2. The van der Waals surface area contributed by atoms with Crippen molar-refractivity contribution < 1.29 is 19.5 Å². The van der Waals surface area contributed by atoms with Gasteiger partial charge in [0, 0.05) is 36.7 Å². The lowest BCUT2D eigenvalue weighted by Gasteiger charge is -2.29. The van der Waals surface area contributed by atoms with Crippen LogP contribution in [-0.2, 0) is 4.79 Å². The second-order valence-corrected chi connectivity index (χ2v) is 10.4. The maximum absolute atomic E-state index is 13.2. The van der Waals surface area contributed by atoms with Gasteiger partial charge in [0.05, 0.1) is 12.1 Å². The fourth-order valence-electron chi connectivity index (χ4n) is 4.84. The van der Waals surface area contributed by atoms with Crippen molar-refractivity contribution in [2.75, 3.05) is 19.6 Å². The number of carbonyl (C=O) groups is 3. The number of fused-ring (bicyclic) bond motifs is 2. The van der Waals surface area contributed by atoms with Gasteiger partial charge in [-0.3, -0.25) is 14.4 Å². The van der Waals surface area contributed by atoms with Gasteiger partial charge in [-0.05, 0) is 56.7 Å². The van der Waals surface area contributed by atoms with E-state index in [1.54, 1.807) is 24.3 Å². The number of nitrogens with zero attached hydrogens (tertiary/aromatic N) is 1. The third kappa shape index (κ3) is 9.57. The predicted molar refractivity (Wildman–Crippen MR) is 144 cm³/mol. The van der Waals surface area contributed by atoms with E-state index in [1.165, 1.54) is 0 Å². The normalized spacial score (nSPS) is 22.0. The van der Waals surface area contributed by atoms with Crippen molar-refractivity contribution in [3.8, 4) is 0 Å². The molecule has 0 spiro atoms. The van der Waals surface area contributed by atoms with Gasteiger partial charge in [0.1, 0.15) is 0 Å². The van der Waals surface area contributed by atoms with Crippen LogP contribution in [0.25, 0.3) is 0 Å². The van der Waals surface area contributed by atoms with Gasteiger partial charge in [-0.25, -0.2) is 0 Å². The molecule has 0 unspecified atom stereocenters. The van der Waals surface area contributed by atoms with Crippen LogP contribution in [0.2, 0.25) is 0 Å². The Labute approximate surface area is 217 Å². The van der Waals surface area contributed by atoms with E-state index >= 15 is 0 Å². The van der Waals surface area contributed by atoms with E-state index in [-0.39, 0.29) is 30.1 Å². The van der Waals surface area contributed by atoms with Gasteiger partial charge in [0.2, 0.25) is 5.91 Å². The summed E-state index contributed by atoms with van der Waals surface area (Å²) >= 11 is 0. The van der Waals surface area contributed by atoms with Gasteiger partial charge >= 0.3 is 0 Å². The second-order valence-electron chi connectivity index (χ2n) is 10.4. The summed E-state index contributed by atoms with van der Waals surface area (Å²) in [6.45, 7) is 10.0. The van der Waals surface area contributed by atoms with Crippen LogP contribution in [0.1, 0.15) is 106 Å². The SMILES string of the molecule is CCCCNC(=O)[C@H](C)C[C@H](O)[C@@H]1C[C@H](C)CCCCCCN(CC)C(=O)c2cccc(c2)C(=O)N1. The molecule has 0 saturated carbocycles. The first-order valence-electron chi connectivity index (χ1n) is 13.9. The zero-order valence-corrected chi connectivity index (χ0v) is 22.7. The number of hydrogen-bond donors (Lipinski definition) is 3.